The molecule has 0 spiro atoms. The summed E-state index contributed by atoms with van der Waals surface area (Å²) in [4.78, 5) is 0. The molecule has 0 fully saturated rings. The molecule has 0 aromatic rings. The van der Waals surface area contributed by atoms with Gasteiger partial charge in [0, 0.05) is 12.6 Å². The second-order valence-electron chi connectivity index (χ2n) is 2.57. The van der Waals surface area contributed by atoms with Gasteiger partial charge in [-0.15, -0.1) is 0 Å². The Kier molecular flexibility index (Phi) is 4.72. The molecule has 0 aliphatic heterocycles. The molecule has 2 heteroatoms. The van der Waals surface area contributed by atoms with Crippen LogP contribution in [0.5, 0.6) is 0 Å². The van der Waals surface area contributed by atoms with Gasteiger partial charge in [-0.25, -0.2) is 0 Å². The average molecular weight is 131 g/mol. The van der Waals surface area contributed by atoms with Crippen LogP contribution >= 0.6 is 0 Å². The number of hydrogen-bond donors (Lipinski definition) is 2. The van der Waals surface area contributed by atoms with Gasteiger partial charge in [0.25, 0.3) is 0 Å². The molecule has 56 valence electrons. The minimum Gasteiger partial charge on any atom is -0.392 e. The molecule has 2 nitrogen and oxygen atoms in total. The molecule has 0 amide bonds. The molecule has 2 atom stereocenters. The SMILES string of the molecule is CCC(C)NCC(C)O. The van der Waals surface area contributed by atoms with Crippen LogP contribution < -0.4 is 5.32 Å². The zero-order chi connectivity index (χ0) is 7.28. The number of rotatable bonds is 4. The van der Waals surface area contributed by atoms with Gasteiger partial charge < -0.3 is 10.4 Å². The second-order valence-corrected chi connectivity index (χ2v) is 2.57. The van der Waals surface area contributed by atoms with Crippen molar-refractivity contribution < 1.29 is 5.11 Å². The van der Waals surface area contributed by atoms with Crippen LogP contribution in [0.15, 0.2) is 0 Å². The van der Waals surface area contributed by atoms with Gasteiger partial charge in [-0.2, -0.15) is 0 Å². The predicted octanol–water partition coefficient (Wildman–Crippen LogP) is 0.755. The van der Waals surface area contributed by atoms with Crippen molar-refractivity contribution in [3.63, 3.8) is 0 Å². The first kappa shape index (κ1) is 8.92. The summed E-state index contributed by atoms with van der Waals surface area (Å²) < 4.78 is 0. The minimum atomic E-state index is -0.223. The summed E-state index contributed by atoms with van der Waals surface area (Å²) >= 11 is 0. The highest BCUT2D eigenvalue weighted by Gasteiger charge is 1.98. The van der Waals surface area contributed by atoms with Gasteiger partial charge in [0.15, 0.2) is 0 Å². The van der Waals surface area contributed by atoms with Gasteiger partial charge in [-0.3, -0.25) is 0 Å². The standard InChI is InChI=1S/C7H17NO/c1-4-6(2)8-5-7(3)9/h6-9H,4-5H2,1-3H3. The highest BCUT2D eigenvalue weighted by Crippen LogP contribution is 1.87. The summed E-state index contributed by atoms with van der Waals surface area (Å²) in [6.07, 6.45) is 0.895. The van der Waals surface area contributed by atoms with Gasteiger partial charge >= 0.3 is 0 Å². The molecule has 0 aliphatic rings. The number of nitrogens with one attached hydrogen (secondary N) is 1. The Balaban J connectivity index is 3.06. The topological polar surface area (TPSA) is 32.3 Å². The average Bonchev–Trinajstić information content (AvgIpc) is 1.83. The highest BCUT2D eigenvalue weighted by molar-refractivity contribution is 4.59. The van der Waals surface area contributed by atoms with E-state index in [1.165, 1.54) is 0 Å². The Hall–Kier alpha value is -0.0800. The molecule has 0 aromatic heterocycles. The Morgan fingerprint density at radius 1 is 1.44 bits per heavy atom. The minimum absolute atomic E-state index is 0.223. The van der Waals surface area contributed by atoms with Crippen LogP contribution in [0.2, 0.25) is 0 Å². The van der Waals surface area contributed by atoms with Crippen LogP contribution in [0.25, 0.3) is 0 Å². The van der Waals surface area contributed by atoms with E-state index < -0.39 is 0 Å². The molecule has 0 aliphatic carbocycles. The monoisotopic (exact) mass is 131 g/mol. The summed E-state index contributed by atoms with van der Waals surface area (Å²) in [5, 5.41) is 12.0. The third-order valence-corrected chi connectivity index (χ3v) is 1.37. The van der Waals surface area contributed by atoms with Gasteiger partial charge in [0.1, 0.15) is 0 Å². The third kappa shape index (κ3) is 5.80. The van der Waals surface area contributed by atoms with Gasteiger partial charge in [0.2, 0.25) is 0 Å². The summed E-state index contributed by atoms with van der Waals surface area (Å²) in [6, 6.07) is 0.527. The van der Waals surface area contributed by atoms with Crippen LogP contribution in [0.4, 0.5) is 0 Å². The lowest BCUT2D eigenvalue weighted by Crippen LogP contribution is -2.31. The molecule has 2 unspecified atom stereocenters. The molecular weight excluding hydrogens is 114 g/mol. The van der Waals surface area contributed by atoms with E-state index in [0.717, 1.165) is 6.42 Å². The maximum absolute atomic E-state index is 8.83. The summed E-state index contributed by atoms with van der Waals surface area (Å²) in [5.41, 5.74) is 0. The quantitative estimate of drug-likeness (QED) is 0.590. The van der Waals surface area contributed by atoms with Crippen LogP contribution in [0.3, 0.4) is 0 Å². The molecule has 9 heavy (non-hydrogen) atoms. The van der Waals surface area contributed by atoms with E-state index >= 15 is 0 Å². The van der Waals surface area contributed by atoms with Gasteiger partial charge in [0.05, 0.1) is 6.10 Å². The maximum atomic E-state index is 8.83. The normalized spacial score (nSPS) is 17.3. The summed E-state index contributed by atoms with van der Waals surface area (Å²) in [5.74, 6) is 0. The Labute approximate surface area is 57.3 Å². The second kappa shape index (κ2) is 4.77. The summed E-state index contributed by atoms with van der Waals surface area (Å²) in [7, 11) is 0. The van der Waals surface area contributed by atoms with E-state index in [2.05, 4.69) is 19.2 Å². The number of aliphatic hydroxyl groups is 1. The van der Waals surface area contributed by atoms with E-state index in [1.807, 2.05) is 0 Å². The molecule has 0 bridgehead atoms. The van der Waals surface area contributed by atoms with Crippen molar-refractivity contribution in [2.75, 3.05) is 6.54 Å². The zero-order valence-electron chi connectivity index (χ0n) is 6.52. The van der Waals surface area contributed by atoms with Crippen molar-refractivity contribution in [3.05, 3.63) is 0 Å². The van der Waals surface area contributed by atoms with Crippen molar-refractivity contribution in [3.8, 4) is 0 Å². The molecule has 2 N–H and O–H groups in total. The fourth-order valence-corrected chi connectivity index (χ4v) is 0.516. The molecule has 0 radical (unpaired) electrons. The van der Waals surface area contributed by atoms with Crippen LogP contribution in [-0.2, 0) is 0 Å². The van der Waals surface area contributed by atoms with Crippen LogP contribution in [0.1, 0.15) is 27.2 Å². The van der Waals surface area contributed by atoms with E-state index in [0.29, 0.717) is 12.6 Å². The van der Waals surface area contributed by atoms with E-state index in [-0.39, 0.29) is 6.10 Å². The molecule has 0 rings (SSSR count). The first-order valence-electron chi connectivity index (χ1n) is 3.58. The summed E-state index contributed by atoms with van der Waals surface area (Å²) in [6.45, 7) is 6.73. The van der Waals surface area contributed by atoms with Crippen molar-refractivity contribution in [1.82, 2.24) is 5.32 Å². The first-order chi connectivity index (χ1) is 4.16. The van der Waals surface area contributed by atoms with Crippen molar-refractivity contribution in [2.45, 2.75) is 39.3 Å². The molecule has 0 saturated heterocycles. The lowest BCUT2D eigenvalue weighted by molar-refractivity contribution is 0.186. The maximum Gasteiger partial charge on any atom is 0.0636 e. The fraction of sp³-hybridized carbons (Fsp3) is 1.00. The van der Waals surface area contributed by atoms with Crippen LogP contribution in [-0.4, -0.2) is 23.8 Å². The van der Waals surface area contributed by atoms with Crippen molar-refractivity contribution in [1.29, 1.82) is 0 Å². The predicted molar refractivity (Wildman–Crippen MR) is 39.4 cm³/mol. The van der Waals surface area contributed by atoms with Gasteiger partial charge in [-0.1, -0.05) is 6.92 Å². The molecule has 0 heterocycles. The lowest BCUT2D eigenvalue weighted by Gasteiger charge is -2.11. The molecule has 0 aromatic carbocycles. The molecule has 0 saturated carbocycles. The van der Waals surface area contributed by atoms with Crippen molar-refractivity contribution in [2.24, 2.45) is 0 Å². The highest BCUT2D eigenvalue weighted by atomic mass is 16.3. The Morgan fingerprint density at radius 3 is 2.33 bits per heavy atom. The molecular formula is C7H17NO. The van der Waals surface area contributed by atoms with Crippen molar-refractivity contribution >= 4 is 0 Å². The largest absolute Gasteiger partial charge is 0.392 e. The first-order valence-corrected chi connectivity index (χ1v) is 3.58. The Morgan fingerprint density at radius 2 is 2.00 bits per heavy atom. The Bertz CT molecular complexity index is 63.9. The van der Waals surface area contributed by atoms with Crippen LogP contribution in [0, 0.1) is 0 Å². The van der Waals surface area contributed by atoms with E-state index in [1.54, 1.807) is 6.92 Å². The lowest BCUT2D eigenvalue weighted by atomic mass is 10.2. The fourth-order valence-electron chi connectivity index (χ4n) is 0.516. The van der Waals surface area contributed by atoms with Gasteiger partial charge in [-0.05, 0) is 20.3 Å². The third-order valence-electron chi connectivity index (χ3n) is 1.37. The van der Waals surface area contributed by atoms with E-state index in [4.69, 9.17) is 5.11 Å². The smallest absolute Gasteiger partial charge is 0.0636 e. The number of hydrogen-bond acceptors (Lipinski definition) is 2. The van der Waals surface area contributed by atoms with E-state index in [9.17, 15) is 0 Å². The zero-order valence-corrected chi connectivity index (χ0v) is 6.52. The number of aliphatic hydroxyl groups excluding tert-OH is 1.